The Morgan fingerprint density at radius 2 is 1.67 bits per heavy atom. The van der Waals surface area contributed by atoms with Gasteiger partial charge >= 0.3 is 0 Å². The van der Waals surface area contributed by atoms with Crippen LogP contribution in [0.4, 0.5) is 28.9 Å². The molecule has 3 nitrogen and oxygen atoms in total. The van der Waals surface area contributed by atoms with Crippen LogP contribution < -0.4 is 11.1 Å². The lowest BCUT2D eigenvalue weighted by atomic mass is 10.1. The van der Waals surface area contributed by atoms with Gasteiger partial charge in [0, 0.05) is 11.8 Å². The number of hydrogen-bond donors (Lipinski definition) is 2. The van der Waals surface area contributed by atoms with Crippen molar-refractivity contribution in [3.05, 3.63) is 58.7 Å². The van der Waals surface area contributed by atoms with E-state index in [0.717, 1.165) is 0 Å². The zero-order valence-electron chi connectivity index (χ0n) is 10.8. The number of halogens is 4. The first-order valence-electron chi connectivity index (χ1n) is 5.82. The average molecular weight is 298 g/mol. The molecule has 0 aliphatic rings. The number of hydrogen-bond acceptors (Lipinski definition) is 2. The number of anilines is 2. The van der Waals surface area contributed by atoms with Gasteiger partial charge in [0.1, 0.15) is 5.69 Å². The SMILES string of the molecule is Cc1cccc(N)c1C(=O)Nc1c(F)c(F)cc(F)c1F. The summed E-state index contributed by atoms with van der Waals surface area (Å²) < 4.78 is 53.1. The maximum Gasteiger partial charge on any atom is 0.258 e. The summed E-state index contributed by atoms with van der Waals surface area (Å²) in [6.07, 6.45) is 0. The summed E-state index contributed by atoms with van der Waals surface area (Å²) in [5.74, 6) is -7.55. The van der Waals surface area contributed by atoms with Crippen molar-refractivity contribution in [2.45, 2.75) is 6.92 Å². The normalized spacial score (nSPS) is 10.5. The molecule has 0 heterocycles. The number of nitrogen functional groups attached to an aromatic ring is 1. The fourth-order valence-electron chi connectivity index (χ4n) is 1.86. The fraction of sp³-hybridized carbons (Fsp3) is 0.0714. The molecule has 0 spiro atoms. The molecule has 0 aromatic heterocycles. The van der Waals surface area contributed by atoms with E-state index < -0.39 is 34.9 Å². The number of benzene rings is 2. The molecule has 3 N–H and O–H groups in total. The minimum Gasteiger partial charge on any atom is -0.398 e. The van der Waals surface area contributed by atoms with Crippen molar-refractivity contribution in [2.75, 3.05) is 11.1 Å². The molecule has 2 aromatic rings. The Morgan fingerprint density at radius 3 is 2.19 bits per heavy atom. The van der Waals surface area contributed by atoms with Crippen molar-refractivity contribution < 1.29 is 22.4 Å². The molecule has 1 amide bonds. The molecule has 0 unspecified atom stereocenters. The maximum atomic E-state index is 13.5. The molecule has 0 saturated carbocycles. The van der Waals surface area contributed by atoms with E-state index in [-0.39, 0.29) is 17.3 Å². The lowest BCUT2D eigenvalue weighted by Gasteiger charge is -2.12. The van der Waals surface area contributed by atoms with Gasteiger partial charge in [0.25, 0.3) is 5.91 Å². The summed E-state index contributed by atoms with van der Waals surface area (Å²) in [7, 11) is 0. The monoisotopic (exact) mass is 298 g/mol. The first-order chi connectivity index (χ1) is 9.82. The Morgan fingerprint density at radius 1 is 1.10 bits per heavy atom. The van der Waals surface area contributed by atoms with Gasteiger partial charge in [-0.2, -0.15) is 0 Å². The smallest absolute Gasteiger partial charge is 0.258 e. The summed E-state index contributed by atoms with van der Waals surface area (Å²) in [5, 5.41) is 1.81. The van der Waals surface area contributed by atoms with E-state index in [1.54, 1.807) is 19.1 Å². The summed E-state index contributed by atoms with van der Waals surface area (Å²) in [4.78, 5) is 12.0. The minimum absolute atomic E-state index is 0.0269. The fourth-order valence-corrected chi connectivity index (χ4v) is 1.86. The van der Waals surface area contributed by atoms with Gasteiger partial charge in [0.15, 0.2) is 23.3 Å². The second kappa shape index (κ2) is 5.43. The van der Waals surface area contributed by atoms with Gasteiger partial charge in [-0.15, -0.1) is 0 Å². The van der Waals surface area contributed by atoms with E-state index in [1.807, 2.05) is 5.32 Å². The summed E-state index contributed by atoms with van der Waals surface area (Å²) in [6.45, 7) is 1.56. The molecule has 2 rings (SSSR count). The quantitative estimate of drug-likeness (QED) is 0.507. The Kier molecular flexibility index (Phi) is 3.84. The van der Waals surface area contributed by atoms with Crippen LogP contribution in [0.5, 0.6) is 0 Å². The lowest BCUT2D eigenvalue weighted by molar-refractivity contribution is 0.102. The van der Waals surface area contributed by atoms with Crippen LogP contribution in [0, 0.1) is 30.2 Å². The molecular formula is C14H10F4N2O. The molecule has 0 radical (unpaired) electrons. The van der Waals surface area contributed by atoms with Gasteiger partial charge in [0.05, 0.1) is 5.56 Å². The van der Waals surface area contributed by atoms with Gasteiger partial charge in [-0.05, 0) is 18.6 Å². The highest BCUT2D eigenvalue weighted by molar-refractivity contribution is 6.08. The molecule has 7 heteroatoms. The van der Waals surface area contributed by atoms with Crippen LogP contribution in [0.1, 0.15) is 15.9 Å². The molecule has 2 aromatic carbocycles. The van der Waals surface area contributed by atoms with E-state index in [4.69, 9.17) is 5.73 Å². The van der Waals surface area contributed by atoms with Gasteiger partial charge in [-0.3, -0.25) is 4.79 Å². The molecule has 0 saturated heterocycles. The predicted octanol–water partition coefficient (Wildman–Crippen LogP) is 3.39. The highest BCUT2D eigenvalue weighted by atomic mass is 19.2. The molecule has 0 bridgehead atoms. The van der Waals surface area contributed by atoms with Gasteiger partial charge in [-0.1, -0.05) is 12.1 Å². The van der Waals surface area contributed by atoms with Crippen LogP contribution in [-0.2, 0) is 0 Å². The molecule has 21 heavy (non-hydrogen) atoms. The Labute approximate surface area is 117 Å². The average Bonchev–Trinajstić information content (AvgIpc) is 2.41. The number of nitrogens with one attached hydrogen (secondary N) is 1. The van der Waals surface area contributed by atoms with Crippen molar-refractivity contribution in [1.82, 2.24) is 0 Å². The van der Waals surface area contributed by atoms with Crippen molar-refractivity contribution in [2.24, 2.45) is 0 Å². The molecular weight excluding hydrogens is 288 g/mol. The Bertz CT molecular complexity index is 685. The third-order valence-electron chi connectivity index (χ3n) is 2.88. The first kappa shape index (κ1) is 14.8. The molecule has 0 aliphatic carbocycles. The van der Waals surface area contributed by atoms with E-state index in [2.05, 4.69) is 0 Å². The number of aryl methyl sites for hydroxylation is 1. The first-order valence-corrected chi connectivity index (χ1v) is 5.82. The van der Waals surface area contributed by atoms with Crippen molar-refractivity contribution >= 4 is 17.3 Å². The maximum absolute atomic E-state index is 13.5. The molecule has 0 atom stereocenters. The largest absolute Gasteiger partial charge is 0.398 e. The van der Waals surface area contributed by atoms with Crippen molar-refractivity contribution in [3.8, 4) is 0 Å². The van der Waals surface area contributed by atoms with E-state index in [0.29, 0.717) is 5.56 Å². The molecule has 110 valence electrons. The molecule has 0 fully saturated rings. The van der Waals surface area contributed by atoms with Crippen molar-refractivity contribution in [1.29, 1.82) is 0 Å². The molecule has 0 aliphatic heterocycles. The zero-order valence-corrected chi connectivity index (χ0v) is 10.8. The van der Waals surface area contributed by atoms with Gasteiger partial charge in [-0.25, -0.2) is 17.6 Å². The second-order valence-electron chi connectivity index (χ2n) is 4.34. The second-order valence-corrected chi connectivity index (χ2v) is 4.34. The topological polar surface area (TPSA) is 55.1 Å². The van der Waals surface area contributed by atoms with Crippen LogP contribution >= 0.6 is 0 Å². The van der Waals surface area contributed by atoms with E-state index in [1.165, 1.54) is 6.07 Å². The number of rotatable bonds is 2. The zero-order chi connectivity index (χ0) is 15.7. The van der Waals surface area contributed by atoms with Crippen LogP contribution in [0.15, 0.2) is 24.3 Å². The minimum atomic E-state index is -1.69. The number of carbonyl (C=O) groups excluding carboxylic acids is 1. The van der Waals surface area contributed by atoms with Crippen LogP contribution in [0.2, 0.25) is 0 Å². The van der Waals surface area contributed by atoms with E-state index in [9.17, 15) is 22.4 Å². The van der Waals surface area contributed by atoms with Gasteiger partial charge in [0.2, 0.25) is 0 Å². The van der Waals surface area contributed by atoms with E-state index >= 15 is 0 Å². The summed E-state index contributed by atoms with van der Waals surface area (Å²) >= 11 is 0. The lowest BCUT2D eigenvalue weighted by Crippen LogP contribution is -2.18. The highest BCUT2D eigenvalue weighted by Gasteiger charge is 2.22. The standard InChI is InChI=1S/C14H10F4N2O/c1-6-3-2-4-9(19)10(6)14(21)20-13-11(17)7(15)5-8(16)12(13)18/h2-5H,19H2,1H3,(H,20,21). The van der Waals surface area contributed by atoms with Gasteiger partial charge < -0.3 is 11.1 Å². The number of amides is 1. The third-order valence-corrected chi connectivity index (χ3v) is 2.88. The Balaban J connectivity index is 2.46. The highest BCUT2D eigenvalue weighted by Crippen LogP contribution is 2.26. The third kappa shape index (κ3) is 2.67. The number of carbonyl (C=O) groups is 1. The predicted molar refractivity (Wildman–Crippen MR) is 69.8 cm³/mol. The summed E-state index contributed by atoms with van der Waals surface area (Å²) in [5.41, 5.74) is 4.92. The van der Waals surface area contributed by atoms with Crippen LogP contribution in [0.25, 0.3) is 0 Å². The van der Waals surface area contributed by atoms with Crippen LogP contribution in [-0.4, -0.2) is 5.91 Å². The van der Waals surface area contributed by atoms with Crippen molar-refractivity contribution in [3.63, 3.8) is 0 Å². The Hall–Kier alpha value is -2.57. The summed E-state index contributed by atoms with van der Waals surface area (Å²) in [6, 6.07) is 4.62. The number of nitrogens with two attached hydrogens (primary N) is 1. The van der Waals surface area contributed by atoms with Crippen LogP contribution in [0.3, 0.4) is 0 Å².